The van der Waals surface area contributed by atoms with E-state index in [2.05, 4.69) is 0 Å². The van der Waals surface area contributed by atoms with Crippen molar-refractivity contribution in [2.75, 3.05) is 0 Å². The summed E-state index contributed by atoms with van der Waals surface area (Å²) in [5.74, 6) is 0. The van der Waals surface area contributed by atoms with Crippen molar-refractivity contribution in [1.82, 2.24) is 0 Å². The Morgan fingerprint density at radius 1 is 1.25 bits per heavy atom. The average Bonchev–Trinajstić information content (AvgIpc) is 0.722. The topological polar surface area (TPSA) is 106 Å². The second-order valence-electron chi connectivity index (χ2n) is 0.448. The minimum Gasteiger partial charge on any atom is -1.00 e. The molecule has 0 aromatic heterocycles. The normalized spacial score (nSPS) is 7.25. The monoisotopic (exact) mass is 208 g/mol. The maximum absolute atomic E-state index is 8.74. The average molecular weight is 208 g/mol. The van der Waals surface area contributed by atoms with Crippen LogP contribution in [0.3, 0.4) is 0 Å². The molecular weight excluding hydrogens is 203 g/mol. The van der Waals surface area contributed by atoms with Gasteiger partial charge in [-0.1, -0.05) is 0 Å². The molecular formula is H5CrKO5S. The summed E-state index contributed by atoms with van der Waals surface area (Å²) in [6.45, 7) is 0. The van der Waals surface area contributed by atoms with Crippen LogP contribution in [0.25, 0.3) is 0 Å². The Kier molecular flexibility index (Phi) is 25.3. The van der Waals surface area contributed by atoms with E-state index in [1.807, 2.05) is 0 Å². The molecule has 0 rings (SSSR count). The molecule has 0 aliphatic heterocycles. The molecule has 0 aromatic rings. The molecule has 0 aliphatic carbocycles. The van der Waals surface area contributed by atoms with E-state index in [1.165, 1.54) is 0 Å². The molecule has 0 atom stereocenters. The molecule has 0 spiro atoms. The number of rotatable bonds is 0. The van der Waals surface area contributed by atoms with E-state index in [4.69, 9.17) is 17.5 Å². The maximum Gasteiger partial charge on any atom is 1.00 e. The molecule has 0 fully saturated rings. The number of hydrogen-bond acceptors (Lipinski definition) is 2. The Balaban J connectivity index is -0.0000000133. The summed E-state index contributed by atoms with van der Waals surface area (Å²) in [6.07, 6.45) is 0. The zero-order valence-corrected chi connectivity index (χ0v) is 9.24. The van der Waals surface area contributed by atoms with E-state index in [0.29, 0.717) is 0 Å². The zero-order chi connectivity index (χ0) is 4.50. The molecule has 4 N–H and O–H groups in total. The van der Waals surface area contributed by atoms with Crippen molar-refractivity contribution < 1.29 is 93.2 Å². The molecule has 0 aliphatic rings. The van der Waals surface area contributed by atoms with Crippen molar-refractivity contribution in [3.8, 4) is 0 Å². The van der Waals surface area contributed by atoms with Crippen molar-refractivity contribution in [3.05, 3.63) is 0 Å². The molecule has 0 aromatic carbocycles. The van der Waals surface area contributed by atoms with E-state index >= 15 is 0 Å². The van der Waals surface area contributed by atoms with E-state index in [0.717, 1.165) is 0 Å². The Morgan fingerprint density at radius 2 is 1.25 bits per heavy atom. The largest absolute Gasteiger partial charge is 1.00 e. The van der Waals surface area contributed by atoms with Crippen LogP contribution < -0.4 is 51.4 Å². The van der Waals surface area contributed by atoms with Crippen LogP contribution in [0.15, 0.2) is 0 Å². The SMILES string of the molecule is O.O=S(=O)(O)O.[Cr].[H-].[K+]. The summed E-state index contributed by atoms with van der Waals surface area (Å²) in [7, 11) is -4.67. The molecule has 0 radical (unpaired) electrons. The molecule has 0 heterocycles. The summed E-state index contributed by atoms with van der Waals surface area (Å²) < 4.78 is 31.6. The first-order valence-corrected chi connectivity index (χ1v) is 2.10. The van der Waals surface area contributed by atoms with Gasteiger partial charge in [-0.3, -0.25) is 9.11 Å². The number of hydrogen-bond donors (Lipinski definition) is 2. The van der Waals surface area contributed by atoms with Crippen LogP contribution >= 0.6 is 0 Å². The van der Waals surface area contributed by atoms with Gasteiger partial charge in [0.2, 0.25) is 0 Å². The van der Waals surface area contributed by atoms with Gasteiger partial charge in [0.05, 0.1) is 0 Å². The van der Waals surface area contributed by atoms with Crippen LogP contribution in [0.5, 0.6) is 0 Å². The van der Waals surface area contributed by atoms with Crippen LogP contribution in [0.1, 0.15) is 1.43 Å². The summed E-state index contributed by atoms with van der Waals surface area (Å²) in [5, 5.41) is 0. The maximum atomic E-state index is 8.74. The zero-order valence-electron chi connectivity index (χ0n) is 5.03. The van der Waals surface area contributed by atoms with Crippen LogP contribution in [0.2, 0.25) is 0 Å². The van der Waals surface area contributed by atoms with Gasteiger partial charge >= 0.3 is 61.8 Å². The molecule has 0 unspecified atom stereocenters. The van der Waals surface area contributed by atoms with Gasteiger partial charge in [0.1, 0.15) is 0 Å². The Bertz CT molecular complexity index is 100. The Morgan fingerprint density at radius 3 is 1.25 bits per heavy atom. The molecule has 0 saturated carbocycles. The summed E-state index contributed by atoms with van der Waals surface area (Å²) in [5.41, 5.74) is 0. The van der Waals surface area contributed by atoms with Gasteiger partial charge in [0.15, 0.2) is 0 Å². The predicted molar refractivity (Wildman–Crippen MR) is 18.9 cm³/mol. The van der Waals surface area contributed by atoms with Gasteiger partial charge in [0, 0.05) is 17.4 Å². The first-order chi connectivity index (χ1) is 2.00. The van der Waals surface area contributed by atoms with Gasteiger partial charge in [-0.25, -0.2) is 0 Å². The summed E-state index contributed by atoms with van der Waals surface area (Å²) in [4.78, 5) is 0. The third-order valence-electron chi connectivity index (χ3n) is 0. The van der Waals surface area contributed by atoms with Gasteiger partial charge in [0.25, 0.3) is 0 Å². The van der Waals surface area contributed by atoms with E-state index in [9.17, 15) is 0 Å². The van der Waals surface area contributed by atoms with Gasteiger partial charge in [-0.15, -0.1) is 0 Å². The van der Waals surface area contributed by atoms with Crippen molar-refractivity contribution in [3.63, 3.8) is 0 Å². The molecule has 8 heavy (non-hydrogen) atoms. The smallest absolute Gasteiger partial charge is 1.00 e. The molecule has 0 bridgehead atoms. The van der Waals surface area contributed by atoms with Gasteiger partial charge in [-0.2, -0.15) is 8.42 Å². The Hall–Kier alpha value is 2.00. The summed E-state index contributed by atoms with van der Waals surface area (Å²) in [6, 6.07) is 0. The summed E-state index contributed by atoms with van der Waals surface area (Å²) >= 11 is 0. The minimum absolute atomic E-state index is 0. The second kappa shape index (κ2) is 9.00. The van der Waals surface area contributed by atoms with Crippen LogP contribution in [0, 0.1) is 0 Å². The third-order valence-corrected chi connectivity index (χ3v) is 0. The van der Waals surface area contributed by atoms with Crippen molar-refractivity contribution in [2.24, 2.45) is 0 Å². The van der Waals surface area contributed by atoms with Crippen molar-refractivity contribution in [1.29, 1.82) is 0 Å². The van der Waals surface area contributed by atoms with E-state index < -0.39 is 10.4 Å². The quantitative estimate of drug-likeness (QED) is 0.310. The van der Waals surface area contributed by atoms with E-state index in [1.54, 1.807) is 0 Å². The van der Waals surface area contributed by atoms with Crippen LogP contribution in [0.4, 0.5) is 0 Å². The predicted octanol–water partition coefficient (Wildman–Crippen LogP) is -4.36. The van der Waals surface area contributed by atoms with Crippen molar-refractivity contribution in [2.45, 2.75) is 0 Å². The first-order valence-electron chi connectivity index (χ1n) is 0.698. The molecule has 8 heteroatoms. The van der Waals surface area contributed by atoms with Gasteiger partial charge < -0.3 is 6.90 Å². The Labute approximate surface area is 102 Å². The van der Waals surface area contributed by atoms with E-state index in [-0.39, 0.29) is 75.6 Å². The molecule has 48 valence electrons. The van der Waals surface area contributed by atoms with Crippen LogP contribution in [-0.4, -0.2) is 23.0 Å². The fourth-order valence-corrected chi connectivity index (χ4v) is 0. The van der Waals surface area contributed by atoms with Crippen LogP contribution in [-0.2, 0) is 27.8 Å². The molecule has 0 saturated heterocycles. The van der Waals surface area contributed by atoms with Gasteiger partial charge in [-0.05, 0) is 0 Å². The second-order valence-corrected chi connectivity index (χ2v) is 1.34. The standard InChI is InChI=1S/Cr.K.H2O4S.H2O.H/c;;1-5(2,3)4;;/h;;(H2,1,2,3,4);1H2;/q;+1;;;-1. The minimum atomic E-state index is -4.67. The molecule has 0 amide bonds. The molecule has 5 nitrogen and oxygen atoms in total. The van der Waals surface area contributed by atoms with Crippen molar-refractivity contribution >= 4 is 10.4 Å². The first kappa shape index (κ1) is 22.5. The fourth-order valence-electron chi connectivity index (χ4n) is 0. The fraction of sp³-hybridized carbons (Fsp3) is 0. The third kappa shape index (κ3) is 98.1.